The first-order chi connectivity index (χ1) is 37.9. The Kier molecular flexibility index (Phi) is 35.6. The number of ether oxygens (including phenoxy) is 7. The van der Waals surface area contributed by atoms with Gasteiger partial charge in [-0.05, 0) is 70.1 Å². The first-order valence-electron chi connectivity index (χ1n) is 27.7. The number of amides is 5. The van der Waals surface area contributed by atoms with Gasteiger partial charge in [-0.25, -0.2) is 22.8 Å². The topological polar surface area (TPSA) is 316 Å². The zero-order valence-electron chi connectivity index (χ0n) is 47.0. The van der Waals surface area contributed by atoms with Crippen molar-refractivity contribution in [1.82, 2.24) is 26.6 Å². The maximum absolute atomic E-state index is 12.8. The smallest absolute Gasteiger partial charge is 0.408 e. The van der Waals surface area contributed by atoms with Gasteiger partial charge in [0.1, 0.15) is 30.9 Å². The lowest BCUT2D eigenvalue weighted by molar-refractivity contribution is -0.150. The van der Waals surface area contributed by atoms with Crippen LogP contribution in [0.3, 0.4) is 0 Å². The Balaban J connectivity index is 1.40. The highest BCUT2D eigenvalue weighted by atomic mass is 32.2. The van der Waals surface area contributed by atoms with Crippen LogP contribution in [0.2, 0.25) is 0 Å². The number of nitrogens with one attached hydrogen (secondary N) is 5. The fourth-order valence-electron chi connectivity index (χ4n) is 8.25. The van der Waals surface area contributed by atoms with Gasteiger partial charge in [-0.15, -0.1) is 0 Å². The number of hydrogen-bond donors (Lipinski definition) is 6. The van der Waals surface area contributed by atoms with E-state index in [1.54, 1.807) is 25.1 Å². The van der Waals surface area contributed by atoms with Crippen LogP contribution in [-0.4, -0.2) is 166 Å². The molecule has 1 aliphatic rings. The van der Waals surface area contributed by atoms with Crippen LogP contribution in [0.1, 0.15) is 154 Å². The molecule has 0 radical (unpaired) electrons. The van der Waals surface area contributed by atoms with Gasteiger partial charge in [0.15, 0.2) is 0 Å². The third-order valence-corrected chi connectivity index (χ3v) is 14.9. The van der Waals surface area contributed by atoms with Crippen LogP contribution < -0.4 is 26.6 Å². The molecule has 0 fully saturated rings. The molecule has 2 rings (SSSR count). The predicted molar refractivity (Wildman–Crippen MR) is 292 cm³/mol. The molecule has 79 heavy (non-hydrogen) atoms. The van der Waals surface area contributed by atoms with Gasteiger partial charge in [-0.3, -0.25) is 24.0 Å². The van der Waals surface area contributed by atoms with Gasteiger partial charge in [0.25, 0.3) is 0 Å². The molecule has 0 spiro atoms. The largest absolute Gasteiger partial charge is 0.480 e. The maximum atomic E-state index is 12.8. The van der Waals surface area contributed by atoms with E-state index in [-0.39, 0.29) is 132 Å². The van der Waals surface area contributed by atoms with Crippen LogP contribution >= 0.6 is 0 Å². The van der Waals surface area contributed by atoms with E-state index in [0.717, 1.165) is 38.5 Å². The van der Waals surface area contributed by atoms with Gasteiger partial charge in [0.05, 0.1) is 63.7 Å². The van der Waals surface area contributed by atoms with Gasteiger partial charge < -0.3 is 64.8 Å². The van der Waals surface area contributed by atoms with Gasteiger partial charge in [0.2, 0.25) is 33.5 Å². The predicted octanol–water partition coefficient (Wildman–Crippen LogP) is 5.21. The molecule has 448 valence electrons. The summed E-state index contributed by atoms with van der Waals surface area (Å²) >= 11 is 0. The van der Waals surface area contributed by atoms with Crippen LogP contribution in [0, 0.1) is 0 Å². The number of carbonyl (C=O) groups is 8. The minimum Gasteiger partial charge on any atom is -0.480 e. The van der Waals surface area contributed by atoms with Crippen molar-refractivity contribution in [2.24, 2.45) is 0 Å². The summed E-state index contributed by atoms with van der Waals surface area (Å²) in [5.41, 5.74) is -2.58. The molecule has 6 N–H and O–H groups in total. The number of rotatable bonds is 47. The summed E-state index contributed by atoms with van der Waals surface area (Å²) in [4.78, 5) is 97.7. The van der Waals surface area contributed by atoms with Gasteiger partial charge in [-0.1, -0.05) is 95.2 Å². The van der Waals surface area contributed by atoms with Crippen molar-refractivity contribution in [1.29, 1.82) is 0 Å². The lowest BCUT2D eigenvalue weighted by Gasteiger charge is -2.27. The Hall–Kier alpha value is -5.69. The normalized spacial score (nSPS) is 13.8. The van der Waals surface area contributed by atoms with Gasteiger partial charge in [0, 0.05) is 38.9 Å². The number of esters is 2. The van der Waals surface area contributed by atoms with Gasteiger partial charge >= 0.3 is 24.0 Å². The molecule has 1 aliphatic heterocycles. The number of unbranched alkanes of at least 4 members (excludes halogenated alkanes) is 14. The van der Waals surface area contributed by atoms with E-state index >= 15 is 0 Å². The number of carbonyl (C=O) groups excluding carboxylic acids is 7. The summed E-state index contributed by atoms with van der Waals surface area (Å²) < 4.78 is 61.5. The summed E-state index contributed by atoms with van der Waals surface area (Å²) in [7, 11) is -1.15. The molecule has 0 saturated carbocycles. The molecule has 1 aromatic carbocycles. The zero-order chi connectivity index (χ0) is 58.2. The number of fused-ring (bicyclic) bond motifs is 1. The van der Waals surface area contributed by atoms with Crippen molar-refractivity contribution in [2.75, 3.05) is 93.3 Å². The van der Waals surface area contributed by atoms with Crippen LogP contribution in [0.25, 0.3) is 6.08 Å². The lowest BCUT2D eigenvalue weighted by atomic mass is 9.95. The number of methoxy groups -OCH3 is 2. The van der Waals surface area contributed by atoms with Crippen molar-refractivity contribution in [3.63, 3.8) is 0 Å². The number of hydrogen-bond acceptors (Lipinski definition) is 17. The van der Waals surface area contributed by atoms with E-state index < -0.39 is 51.5 Å². The summed E-state index contributed by atoms with van der Waals surface area (Å²) in [5, 5.41) is 22.9. The Bertz CT molecular complexity index is 2180. The van der Waals surface area contributed by atoms with Crippen LogP contribution in [0.15, 0.2) is 34.1 Å². The molecule has 5 amide bonds. The quantitative estimate of drug-likeness (QED) is 0.0277. The number of carboxylic acid groups (broad SMARTS) is 1. The molecule has 24 heteroatoms. The molecule has 1 heterocycles. The fraction of sp³-hybridized carbons (Fsp3) is 0.709. The van der Waals surface area contributed by atoms with E-state index in [9.17, 15) is 51.9 Å². The second-order valence-corrected chi connectivity index (χ2v) is 21.7. The first kappa shape index (κ1) is 69.4. The average molecular weight is 1140 g/mol. The molecule has 0 aliphatic carbocycles. The minimum atomic E-state index is -3.81. The average Bonchev–Trinajstić information content (AvgIpc) is 3.79. The molecule has 23 nitrogen and oxygen atoms in total. The second-order valence-electron chi connectivity index (χ2n) is 19.7. The standard InChI is InChI=1S/C55H89N5O18S/c1-54(51(66)67,60-53(69)78-40-44-39-43-23-19-20-24-45(43)79(44,70)71)28-21-22-30-56-48(63)41-76-37-36-75-34-32-58-49(64)42-77-38-35-74-33-31-57-46(61)27-29-55(2,52(68)73-4)59-47(62)25-17-15-13-11-9-7-5-6-8-10-12-14-16-18-26-50(65)72-3/h19-20,23-24,39H,5-18,21-22,25-38,40-42H2,1-4H3,(H,56,63)(H,57,61)(H,58,64)(H,59,62)(H,60,69)(H,66,67). The second kappa shape index (κ2) is 40.5. The highest BCUT2D eigenvalue weighted by molar-refractivity contribution is 7.95. The Morgan fingerprint density at radius 3 is 1.56 bits per heavy atom. The molecular weight excluding hydrogens is 1050 g/mol. The molecule has 1 aromatic rings. The number of sulfone groups is 1. The summed E-state index contributed by atoms with van der Waals surface area (Å²) in [6.07, 6.45) is 17.4. The summed E-state index contributed by atoms with van der Waals surface area (Å²) in [6, 6.07) is 6.34. The van der Waals surface area contributed by atoms with E-state index in [0.29, 0.717) is 31.2 Å². The highest BCUT2D eigenvalue weighted by Crippen LogP contribution is 2.32. The Morgan fingerprint density at radius 1 is 0.519 bits per heavy atom. The van der Waals surface area contributed by atoms with Crippen molar-refractivity contribution in [2.45, 2.75) is 165 Å². The van der Waals surface area contributed by atoms with E-state index in [1.807, 2.05) is 0 Å². The number of aliphatic carboxylic acids is 1. The molecule has 0 saturated heterocycles. The number of benzene rings is 1. The Labute approximate surface area is 466 Å². The van der Waals surface area contributed by atoms with Crippen molar-refractivity contribution < 1.29 is 85.0 Å². The van der Waals surface area contributed by atoms with Crippen molar-refractivity contribution >= 4 is 63.5 Å². The summed E-state index contributed by atoms with van der Waals surface area (Å²) in [6.45, 7) is 3.50. The first-order valence-corrected chi connectivity index (χ1v) is 29.2. The Morgan fingerprint density at radius 2 is 1.03 bits per heavy atom. The summed E-state index contributed by atoms with van der Waals surface area (Å²) in [5.74, 6) is -3.40. The van der Waals surface area contributed by atoms with Crippen LogP contribution in [0.5, 0.6) is 0 Å². The van der Waals surface area contributed by atoms with E-state index in [4.69, 9.17) is 28.4 Å². The molecule has 2 atom stereocenters. The minimum absolute atomic E-state index is 0.00548. The van der Waals surface area contributed by atoms with Crippen molar-refractivity contribution in [3.8, 4) is 0 Å². The highest BCUT2D eigenvalue weighted by Gasteiger charge is 2.37. The van der Waals surface area contributed by atoms with E-state index in [1.165, 1.54) is 78.2 Å². The van der Waals surface area contributed by atoms with Crippen LogP contribution in [-0.2, 0) is 76.6 Å². The van der Waals surface area contributed by atoms with Crippen LogP contribution in [0.4, 0.5) is 4.79 Å². The number of carboxylic acids is 1. The third-order valence-electron chi connectivity index (χ3n) is 13.0. The third kappa shape index (κ3) is 30.5. The maximum Gasteiger partial charge on any atom is 0.408 e. The fourth-order valence-corrected chi connectivity index (χ4v) is 9.72. The number of alkyl carbamates (subject to hydrolysis) is 1. The lowest BCUT2D eigenvalue weighted by Crippen LogP contribution is -2.53. The molecule has 2 unspecified atom stereocenters. The SMILES string of the molecule is COC(=O)CCCCCCCCCCCCCCCCC(=O)NC(C)(CCC(=O)NCCOCCOCC(=O)NCCOCCOCC(=O)NCCCCC(C)(NC(=O)OCC1=Cc2ccccc2S1(=O)=O)C(=O)O)C(=O)OC. The van der Waals surface area contributed by atoms with Gasteiger partial charge in [-0.2, -0.15) is 0 Å². The molecule has 0 bridgehead atoms. The molecular formula is C55H89N5O18S. The molecule has 0 aromatic heterocycles. The monoisotopic (exact) mass is 1140 g/mol. The zero-order valence-corrected chi connectivity index (χ0v) is 47.8. The van der Waals surface area contributed by atoms with E-state index in [2.05, 4.69) is 31.3 Å². The van der Waals surface area contributed by atoms with Crippen molar-refractivity contribution in [3.05, 3.63) is 34.7 Å².